The summed E-state index contributed by atoms with van der Waals surface area (Å²) in [5.74, 6) is 0.0668. The summed E-state index contributed by atoms with van der Waals surface area (Å²) >= 11 is 5.84. The number of carbonyl (C=O) groups excluding carboxylic acids is 1. The SMILES string of the molecule is CCC(C)NC(=O)c1cc(N)ncc1Cl. The summed E-state index contributed by atoms with van der Waals surface area (Å²) in [4.78, 5) is 15.5. The molecule has 0 aliphatic carbocycles. The van der Waals surface area contributed by atoms with E-state index >= 15 is 0 Å². The van der Waals surface area contributed by atoms with Crippen molar-refractivity contribution in [3.8, 4) is 0 Å². The summed E-state index contributed by atoms with van der Waals surface area (Å²) in [7, 11) is 0. The van der Waals surface area contributed by atoms with Crippen LogP contribution in [0.1, 0.15) is 30.6 Å². The first-order chi connectivity index (χ1) is 7.04. The topological polar surface area (TPSA) is 68.0 Å². The van der Waals surface area contributed by atoms with Crippen molar-refractivity contribution in [2.75, 3.05) is 5.73 Å². The number of aromatic nitrogens is 1. The average Bonchev–Trinajstić information content (AvgIpc) is 2.21. The molecule has 0 aliphatic heterocycles. The zero-order valence-electron chi connectivity index (χ0n) is 8.75. The first-order valence-electron chi connectivity index (χ1n) is 4.76. The molecular formula is C10H14ClN3O. The van der Waals surface area contributed by atoms with Gasteiger partial charge in [0.25, 0.3) is 5.91 Å². The molecule has 0 saturated carbocycles. The fourth-order valence-electron chi connectivity index (χ4n) is 1.03. The molecule has 4 nitrogen and oxygen atoms in total. The van der Waals surface area contributed by atoms with Crippen LogP contribution in [0.4, 0.5) is 5.82 Å². The highest BCUT2D eigenvalue weighted by Crippen LogP contribution is 2.16. The third kappa shape index (κ3) is 3.09. The van der Waals surface area contributed by atoms with Gasteiger partial charge in [-0.1, -0.05) is 18.5 Å². The summed E-state index contributed by atoms with van der Waals surface area (Å²) in [6.45, 7) is 3.92. The molecule has 0 saturated heterocycles. The Morgan fingerprint density at radius 1 is 1.73 bits per heavy atom. The first-order valence-corrected chi connectivity index (χ1v) is 5.14. The van der Waals surface area contributed by atoms with E-state index in [2.05, 4.69) is 10.3 Å². The Balaban J connectivity index is 2.86. The van der Waals surface area contributed by atoms with E-state index in [1.165, 1.54) is 12.3 Å². The number of hydrogen-bond acceptors (Lipinski definition) is 3. The highest BCUT2D eigenvalue weighted by Gasteiger charge is 2.12. The standard InChI is InChI=1S/C10H14ClN3O/c1-3-6(2)14-10(15)7-4-9(12)13-5-8(7)11/h4-6H,3H2,1-2H3,(H2,12,13)(H,14,15). The van der Waals surface area contributed by atoms with Crippen molar-refractivity contribution in [1.29, 1.82) is 0 Å². The van der Waals surface area contributed by atoms with Gasteiger partial charge in [-0.15, -0.1) is 0 Å². The molecule has 5 heteroatoms. The minimum Gasteiger partial charge on any atom is -0.384 e. The Bertz CT molecular complexity index is 368. The molecule has 15 heavy (non-hydrogen) atoms. The van der Waals surface area contributed by atoms with Crippen LogP contribution in [0.25, 0.3) is 0 Å². The van der Waals surface area contributed by atoms with Crippen LogP contribution in [0.3, 0.4) is 0 Å². The monoisotopic (exact) mass is 227 g/mol. The molecule has 82 valence electrons. The zero-order chi connectivity index (χ0) is 11.4. The van der Waals surface area contributed by atoms with Crippen molar-refractivity contribution in [3.05, 3.63) is 22.8 Å². The van der Waals surface area contributed by atoms with Crippen LogP contribution in [0.5, 0.6) is 0 Å². The summed E-state index contributed by atoms with van der Waals surface area (Å²) in [6.07, 6.45) is 2.24. The Kier molecular flexibility index (Phi) is 3.91. The van der Waals surface area contributed by atoms with Crippen LogP contribution >= 0.6 is 11.6 Å². The van der Waals surface area contributed by atoms with E-state index in [1.807, 2.05) is 13.8 Å². The van der Waals surface area contributed by atoms with Gasteiger partial charge in [0.05, 0.1) is 10.6 Å². The van der Waals surface area contributed by atoms with Crippen molar-refractivity contribution < 1.29 is 4.79 Å². The number of rotatable bonds is 3. The molecule has 0 spiro atoms. The minimum atomic E-state index is -0.219. The van der Waals surface area contributed by atoms with Crippen LogP contribution in [-0.2, 0) is 0 Å². The molecule has 0 fully saturated rings. The first kappa shape index (κ1) is 11.8. The predicted molar refractivity (Wildman–Crippen MR) is 60.9 cm³/mol. The molecule has 1 atom stereocenters. The summed E-state index contributed by atoms with van der Waals surface area (Å²) in [5.41, 5.74) is 5.84. The Morgan fingerprint density at radius 3 is 3.00 bits per heavy atom. The molecule has 0 aliphatic rings. The van der Waals surface area contributed by atoms with Gasteiger partial charge in [0.15, 0.2) is 0 Å². The van der Waals surface area contributed by atoms with Crippen LogP contribution in [0.2, 0.25) is 5.02 Å². The lowest BCUT2D eigenvalue weighted by Crippen LogP contribution is -2.32. The van der Waals surface area contributed by atoms with Gasteiger partial charge in [0.1, 0.15) is 5.82 Å². The van der Waals surface area contributed by atoms with Gasteiger partial charge in [-0.05, 0) is 19.4 Å². The lowest BCUT2D eigenvalue weighted by molar-refractivity contribution is 0.0939. The van der Waals surface area contributed by atoms with E-state index in [4.69, 9.17) is 17.3 Å². The van der Waals surface area contributed by atoms with Crippen molar-refractivity contribution in [2.45, 2.75) is 26.3 Å². The Hall–Kier alpha value is -1.29. The van der Waals surface area contributed by atoms with E-state index < -0.39 is 0 Å². The number of carbonyl (C=O) groups is 1. The molecule has 3 N–H and O–H groups in total. The Morgan fingerprint density at radius 2 is 2.40 bits per heavy atom. The van der Waals surface area contributed by atoms with Crippen molar-refractivity contribution in [2.24, 2.45) is 0 Å². The molecule has 1 heterocycles. The van der Waals surface area contributed by atoms with Crippen molar-refractivity contribution in [1.82, 2.24) is 10.3 Å². The smallest absolute Gasteiger partial charge is 0.253 e. The normalized spacial score (nSPS) is 12.2. The number of hydrogen-bond donors (Lipinski definition) is 2. The van der Waals surface area contributed by atoms with Crippen LogP contribution in [0, 0.1) is 0 Å². The molecule has 1 rings (SSSR count). The highest BCUT2D eigenvalue weighted by atomic mass is 35.5. The van der Waals surface area contributed by atoms with Gasteiger partial charge in [-0.3, -0.25) is 4.79 Å². The zero-order valence-corrected chi connectivity index (χ0v) is 9.51. The molecule has 1 aromatic rings. The maximum atomic E-state index is 11.7. The van der Waals surface area contributed by atoms with E-state index in [0.29, 0.717) is 10.6 Å². The molecule has 1 amide bonds. The van der Waals surface area contributed by atoms with Crippen LogP contribution < -0.4 is 11.1 Å². The van der Waals surface area contributed by atoms with E-state index in [0.717, 1.165) is 6.42 Å². The van der Waals surface area contributed by atoms with E-state index in [9.17, 15) is 4.79 Å². The number of nitrogen functional groups attached to an aromatic ring is 1. The molecule has 0 bridgehead atoms. The lowest BCUT2D eigenvalue weighted by atomic mass is 10.2. The fraction of sp³-hybridized carbons (Fsp3) is 0.400. The quantitative estimate of drug-likeness (QED) is 0.828. The maximum Gasteiger partial charge on any atom is 0.253 e. The second kappa shape index (κ2) is 4.98. The minimum absolute atomic E-state index is 0.114. The number of nitrogens with two attached hydrogens (primary N) is 1. The number of pyridine rings is 1. The third-order valence-corrected chi connectivity index (χ3v) is 2.41. The number of nitrogens with one attached hydrogen (secondary N) is 1. The largest absolute Gasteiger partial charge is 0.384 e. The Labute approximate surface area is 93.8 Å². The predicted octanol–water partition coefficient (Wildman–Crippen LogP) is 1.85. The number of amides is 1. The number of halogens is 1. The molecular weight excluding hydrogens is 214 g/mol. The van der Waals surface area contributed by atoms with Gasteiger partial charge >= 0.3 is 0 Å². The third-order valence-electron chi connectivity index (χ3n) is 2.11. The van der Waals surface area contributed by atoms with E-state index in [-0.39, 0.29) is 17.8 Å². The highest BCUT2D eigenvalue weighted by molar-refractivity contribution is 6.33. The van der Waals surface area contributed by atoms with Crippen molar-refractivity contribution in [3.63, 3.8) is 0 Å². The fourth-order valence-corrected chi connectivity index (χ4v) is 1.22. The molecule has 0 aromatic carbocycles. The summed E-state index contributed by atoms with van der Waals surface area (Å²) in [5, 5.41) is 3.12. The number of anilines is 1. The van der Waals surface area contributed by atoms with Gasteiger partial charge in [0, 0.05) is 12.2 Å². The van der Waals surface area contributed by atoms with Crippen LogP contribution in [0.15, 0.2) is 12.3 Å². The van der Waals surface area contributed by atoms with Crippen molar-refractivity contribution >= 4 is 23.3 Å². The van der Waals surface area contributed by atoms with Gasteiger partial charge in [0.2, 0.25) is 0 Å². The van der Waals surface area contributed by atoms with E-state index in [1.54, 1.807) is 0 Å². The maximum absolute atomic E-state index is 11.7. The summed E-state index contributed by atoms with van der Waals surface area (Å²) in [6, 6.07) is 1.59. The summed E-state index contributed by atoms with van der Waals surface area (Å²) < 4.78 is 0. The number of nitrogens with zero attached hydrogens (tertiary/aromatic N) is 1. The second-order valence-electron chi connectivity index (χ2n) is 3.37. The average molecular weight is 228 g/mol. The molecule has 0 radical (unpaired) electrons. The van der Waals surface area contributed by atoms with Gasteiger partial charge < -0.3 is 11.1 Å². The lowest BCUT2D eigenvalue weighted by Gasteiger charge is -2.12. The van der Waals surface area contributed by atoms with Gasteiger partial charge in [-0.25, -0.2) is 4.98 Å². The molecule has 1 unspecified atom stereocenters. The second-order valence-corrected chi connectivity index (χ2v) is 3.78. The van der Waals surface area contributed by atoms with Crippen LogP contribution in [-0.4, -0.2) is 16.9 Å². The van der Waals surface area contributed by atoms with Gasteiger partial charge in [-0.2, -0.15) is 0 Å². The molecule has 1 aromatic heterocycles.